The molecule has 0 aromatic carbocycles. The molecule has 0 saturated heterocycles. The topological polar surface area (TPSA) is 41.1 Å². The molecule has 0 aromatic heterocycles. The molecule has 1 fully saturated rings. The zero-order chi connectivity index (χ0) is 11.1. The molecule has 1 rings (SSSR count). The normalized spacial score (nSPS) is 19.1. The van der Waals surface area contributed by atoms with Gasteiger partial charge in [-0.05, 0) is 19.3 Å². The summed E-state index contributed by atoms with van der Waals surface area (Å²) in [7, 11) is 1.68. The van der Waals surface area contributed by atoms with Gasteiger partial charge in [0.15, 0.2) is 0 Å². The van der Waals surface area contributed by atoms with E-state index in [1.807, 2.05) is 0 Å². The monoisotopic (exact) mass is 212 g/mol. The van der Waals surface area contributed by atoms with Gasteiger partial charge in [-0.25, -0.2) is 0 Å². The standard InChI is InChI=1S/C12H24N2O/c1-10(9-11-5-3-4-6-11)14-8-7-12(15)13-2/h10-11,14H,3-9H2,1-2H3,(H,13,15). The summed E-state index contributed by atoms with van der Waals surface area (Å²) >= 11 is 0. The third-order valence-electron chi connectivity index (χ3n) is 3.29. The first-order valence-corrected chi connectivity index (χ1v) is 6.16. The van der Waals surface area contributed by atoms with Crippen LogP contribution in [0.2, 0.25) is 0 Å². The van der Waals surface area contributed by atoms with E-state index in [1.54, 1.807) is 7.05 Å². The lowest BCUT2D eigenvalue weighted by molar-refractivity contribution is -0.120. The first kappa shape index (κ1) is 12.5. The molecule has 2 N–H and O–H groups in total. The van der Waals surface area contributed by atoms with E-state index in [0.717, 1.165) is 12.5 Å². The molecule has 1 amide bonds. The van der Waals surface area contributed by atoms with Crippen molar-refractivity contribution in [1.82, 2.24) is 10.6 Å². The summed E-state index contributed by atoms with van der Waals surface area (Å²) in [6, 6.07) is 0.553. The smallest absolute Gasteiger partial charge is 0.221 e. The molecule has 0 bridgehead atoms. The van der Waals surface area contributed by atoms with Crippen molar-refractivity contribution < 1.29 is 4.79 Å². The second-order valence-corrected chi connectivity index (χ2v) is 4.66. The number of amides is 1. The molecule has 1 aliphatic rings. The van der Waals surface area contributed by atoms with Gasteiger partial charge >= 0.3 is 0 Å². The van der Waals surface area contributed by atoms with Crippen LogP contribution in [0.25, 0.3) is 0 Å². The Labute approximate surface area is 93.0 Å². The Morgan fingerprint density at radius 3 is 2.67 bits per heavy atom. The maximum Gasteiger partial charge on any atom is 0.221 e. The summed E-state index contributed by atoms with van der Waals surface area (Å²) in [5.41, 5.74) is 0. The quantitative estimate of drug-likeness (QED) is 0.703. The van der Waals surface area contributed by atoms with Gasteiger partial charge < -0.3 is 10.6 Å². The summed E-state index contributed by atoms with van der Waals surface area (Å²) in [6.45, 7) is 3.02. The van der Waals surface area contributed by atoms with Crippen LogP contribution in [0.4, 0.5) is 0 Å². The molecular formula is C12H24N2O. The largest absolute Gasteiger partial charge is 0.359 e. The SMILES string of the molecule is CNC(=O)CCNC(C)CC1CCCC1. The molecule has 1 atom stereocenters. The minimum absolute atomic E-state index is 0.121. The molecule has 3 heteroatoms. The van der Waals surface area contributed by atoms with E-state index in [2.05, 4.69) is 17.6 Å². The summed E-state index contributed by atoms with van der Waals surface area (Å²) in [5, 5.41) is 6.05. The molecule has 1 aliphatic carbocycles. The van der Waals surface area contributed by atoms with E-state index >= 15 is 0 Å². The van der Waals surface area contributed by atoms with E-state index in [1.165, 1.54) is 32.1 Å². The fourth-order valence-electron chi connectivity index (χ4n) is 2.39. The van der Waals surface area contributed by atoms with E-state index in [0.29, 0.717) is 12.5 Å². The lowest BCUT2D eigenvalue weighted by atomic mass is 9.99. The highest BCUT2D eigenvalue weighted by molar-refractivity contribution is 5.75. The Kier molecular flexibility index (Phi) is 5.69. The summed E-state index contributed by atoms with van der Waals surface area (Å²) in [6.07, 6.45) is 7.49. The first-order valence-electron chi connectivity index (χ1n) is 6.16. The highest BCUT2D eigenvalue weighted by atomic mass is 16.1. The van der Waals surface area contributed by atoms with Crippen molar-refractivity contribution in [3.05, 3.63) is 0 Å². The van der Waals surface area contributed by atoms with Crippen LogP contribution in [0, 0.1) is 5.92 Å². The second kappa shape index (κ2) is 6.83. The molecule has 88 valence electrons. The predicted molar refractivity (Wildman–Crippen MR) is 62.7 cm³/mol. The van der Waals surface area contributed by atoms with Crippen LogP contribution in [-0.4, -0.2) is 25.5 Å². The van der Waals surface area contributed by atoms with Crippen LogP contribution < -0.4 is 10.6 Å². The van der Waals surface area contributed by atoms with E-state index in [9.17, 15) is 4.79 Å². The number of carbonyl (C=O) groups excluding carboxylic acids is 1. The van der Waals surface area contributed by atoms with E-state index < -0.39 is 0 Å². The highest BCUT2D eigenvalue weighted by Crippen LogP contribution is 2.28. The molecule has 15 heavy (non-hydrogen) atoms. The van der Waals surface area contributed by atoms with Gasteiger partial charge in [-0.2, -0.15) is 0 Å². The first-order chi connectivity index (χ1) is 7.22. The number of nitrogens with one attached hydrogen (secondary N) is 2. The molecule has 1 saturated carbocycles. The Morgan fingerprint density at radius 1 is 1.40 bits per heavy atom. The average Bonchev–Trinajstić information content (AvgIpc) is 2.70. The zero-order valence-corrected chi connectivity index (χ0v) is 10.0. The van der Waals surface area contributed by atoms with E-state index in [-0.39, 0.29) is 5.91 Å². The van der Waals surface area contributed by atoms with Gasteiger partial charge in [0.05, 0.1) is 0 Å². The lowest BCUT2D eigenvalue weighted by Crippen LogP contribution is -2.31. The average molecular weight is 212 g/mol. The van der Waals surface area contributed by atoms with Crippen molar-refractivity contribution in [3.63, 3.8) is 0 Å². The van der Waals surface area contributed by atoms with Gasteiger partial charge in [0.25, 0.3) is 0 Å². The zero-order valence-electron chi connectivity index (χ0n) is 10.0. The number of rotatable bonds is 6. The van der Waals surface area contributed by atoms with Gasteiger partial charge in [-0.15, -0.1) is 0 Å². The van der Waals surface area contributed by atoms with Crippen LogP contribution >= 0.6 is 0 Å². The minimum atomic E-state index is 0.121. The highest BCUT2D eigenvalue weighted by Gasteiger charge is 2.17. The molecule has 1 unspecified atom stereocenters. The summed E-state index contributed by atoms with van der Waals surface area (Å²) in [5.74, 6) is 1.04. The summed E-state index contributed by atoms with van der Waals surface area (Å²) < 4.78 is 0. The molecule has 0 aromatic rings. The van der Waals surface area contributed by atoms with Crippen molar-refractivity contribution in [2.75, 3.05) is 13.6 Å². The molecule has 0 radical (unpaired) electrons. The van der Waals surface area contributed by atoms with Crippen LogP contribution in [0.3, 0.4) is 0 Å². The Morgan fingerprint density at radius 2 is 2.07 bits per heavy atom. The molecular weight excluding hydrogens is 188 g/mol. The Hall–Kier alpha value is -0.570. The third-order valence-corrected chi connectivity index (χ3v) is 3.29. The van der Waals surface area contributed by atoms with Gasteiger partial charge in [-0.3, -0.25) is 4.79 Å². The fraction of sp³-hybridized carbons (Fsp3) is 0.917. The Balaban J connectivity index is 2.02. The fourth-order valence-corrected chi connectivity index (χ4v) is 2.39. The van der Waals surface area contributed by atoms with Crippen molar-refractivity contribution >= 4 is 5.91 Å². The Bertz CT molecular complexity index is 188. The van der Waals surface area contributed by atoms with Crippen molar-refractivity contribution in [2.45, 2.75) is 51.5 Å². The molecule has 0 aliphatic heterocycles. The molecule has 0 heterocycles. The van der Waals surface area contributed by atoms with E-state index in [4.69, 9.17) is 0 Å². The van der Waals surface area contributed by atoms with Crippen LogP contribution in [-0.2, 0) is 4.79 Å². The van der Waals surface area contributed by atoms with Gasteiger partial charge in [0, 0.05) is 26.1 Å². The predicted octanol–water partition coefficient (Wildman–Crippen LogP) is 1.68. The second-order valence-electron chi connectivity index (χ2n) is 4.66. The lowest BCUT2D eigenvalue weighted by Gasteiger charge is -2.17. The number of hydrogen-bond acceptors (Lipinski definition) is 2. The van der Waals surface area contributed by atoms with Crippen LogP contribution in [0.1, 0.15) is 45.4 Å². The van der Waals surface area contributed by atoms with Crippen molar-refractivity contribution in [1.29, 1.82) is 0 Å². The maximum absolute atomic E-state index is 11.0. The van der Waals surface area contributed by atoms with Crippen molar-refractivity contribution in [2.24, 2.45) is 5.92 Å². The maximum atomic E-state index is 11.0. The van der Waals surface area contributed by atoms with Crippen molar-refractivity contribution in [3.8, 4) is 0 Å². The van der Waals surface area contributed by atoms with Crippen LogP contribution in [0.5, 0.6) is 0 Å². The van der Waals surface area contributed by atoms with Gasteiger partial charge in [0.1, 0.15) is 0 Å². The molecule has 3 nitrogen and oxygen atoms in total. The number of carbonyl (C=O) groups is 1. The third kappa shape index (κ3) is 5.17. The summed E-state index contributed by atoms with van der Waals surface area (Å²) in [4.78, 5) is 11.0. The van der Waals surface area contributed by atoms with Gasteiger partial charge in [0.2, 0.25) is 5.91 Å². The molecule has 0 spiro atoms. The van der Waals surface area contributed by atoms with Gasteiger partial charge in [-0.1, -0.05) is 25.7 Å². The minimum Gasteiger partial charge on any atom is -0.359 e. The number of hydrogen-bond donors (Lipinski definition) is 2. The van der Waals surface area contributed by atoms with Crippen LogP contribution in [0.15, 0.2) is 0 Å².